The molecule has 0 aliphatic rings. The van der Waals surface area contributed by atoms with Gasteiger partial charge in [-0.25, -0.2) is 0 Å². The topological polar surface area (TPSA) is 54.9 Å². The van der Waals surface area contributed by atoms with Gasteiger partial charge in [0.25, 0.3) is 0 Å². The molecular weight excluding hydrogens is 393 g/mol. The van der Waals surface area contributed by atoms with Crippen LogP contribution in [-0.4, -0.2) is 39.3 Å². The molecule has 0 fully saturated rings. The van der Waals surface area contributed by atoms with Crippen molar-refractivity contribution in [3.05, 3.63) is 24.3 Å². The molecule has 2 N–H and O–H groups in total. The van der Waals surface area contributed by atoms with Crippen LogP contribution in [-0.2, 0) is 0 Å². The zero-order valence-electron chi connectivity index (χ0n) is 13.7. The van der Waals surface area contributed by atoms with Crippen molar-refractivity contribution in [3.63, 3.8) is 0 Å². The van der Waals surface area contributed by atoms with Gasteiger partial charge in [-0.1, -0.05) is 6.92 Å². The van der Waals surface area contributed by atoms with Crippen molar-refractivity contribution in [2.45, 2.75) is 26.7 Å². The Labute approximate surface area is 150 Å². The predicted octanol–water partition coefficient (Wildman–Crippen LogP) is 3.05. The number of benzene rings is 1. The molecule has 0 unspecified atom stereocenters. The molecular formula is C16H28IN3O2. The summed E-state index contributed by atoms with van der Waals surface area (Å²) < 4.78 is 10.8. The fourth-order valence-electron chi connectivity index (χ4n) is 1.71. The van der Waals surface area contributed by atoms with Crippen LogP contribution in [0.2, 0.25) is 0 Å². The first-order chi connectivity index (χ1) is 10.3. The van der Waals surface area contributed by atoms with E-state index in [1.807, 2.05) is 24.3 Å². The molecule has 0 aliphatic heterocycles. The number of aliphatic imine (C=N–C) groups is 1. The quantitative estimate of drug-likeness (QED) is 0.279. The zero-order valence-corrected chi connectivity index (χ0v) is 16.1. The minimum Gasteiger partial charge on any atom is -0.497 e. The van der Waals surface area contributed by atoms with Gasteiger partial charge in [0, 0.05) is 19.6 Å². The number of rotatable bonds is 9. The predicted molar refractivity (Wildman–Crippen MR) is 103 cm³/mol. The largest absolute Gasteiger partial charge is 0.497 e. The van der Waals surface area contributed by atoms with Crippen LogP contribution >= 0.6 is 24.0 Å². The molecule has 6 heteroatoms. The molecule has 1 rings (SSSR count). The molecule has 0 aromatic heterocycles. The Kier molecular flexibility index (Phi) is 12.8. The number of methoxy groups -OCH3 is 1. The molecule has 0 saturated heterocycles. The number of nitrogens with one attached hydrogen (secondary N) is 2. The van der Waals surface area contributed by atoms with Crippen molar-refractivity contribution in [2.24, 2.45) is 4.99 Å². The van der Waals surface area contributed by atoms with E-state index >= 15 is 0 Å². The monoisotopic (exact) mass is 421 g/mol. The lowest BCUT2D eigenvalue weighted by atomic mass is 10.3. The summed E-state index contributed by atoms with van der Waals surface area (Å²) in [5.41, 5.74) is 0. The summed E-state index contributed by atoms with van der Waals surface area (Å²) in [6.45, 7) is 7.42. The SMILES string of the molecule is CCCN=C(NCC)NCCCOc1ccc(OC)cc1.I. The van der Waals surface area contributed by atoms with Gasteiger partial charge in [-0.15, -0.1) is 24.0 Å². The molecule has 0 bridgehead atoms. The minimum absolute atomic E-state index is 0. The van der Waals surface area contributed by atoms with Gasteiger partial charge in [0.05, 0.1) is 13.7 Å². The van der Waals surface area contributed by atoms with Crippen molar-refractivity contribution in [2.75, 3.05) is 33.4 Å². The molecule has 1 aromatic rings. The van der Waals surface area contributed by atoms with Crippen molar-refractivity contribution < 1.29 is 9.47 Å². The Balaban J connectivity index is 0.00000441. The summed E-state index contributed by atoms with van der Waals surface area (Å²) in [6, 6.07) is 7.63. The third kappa shape index (κ3) is 8.96. The van der Waals surface area contributed by atoms with Crippen LogP contribution in [0.5, 0.6) is 11.5 Å². The van der Waals surface area contributed by atoms with E-state index in [4.69, 9.17) is 9.47 Å². The first-order valence-corrected chi connectivity index (χ1v) is 7.59. The molecule has 0 saturated carbocycles. The molecule has 0 radical (unpaired) electrons. The van der Waals surface area contributed by atoms with Crippen LogP contribution < -0.4 is 20.1 Å². The van der Waals surface area contributed by atoms with Crippen molar-refractivity contribution in [3.8, 4) is 11.5 Å². The van der Waals surface area contributed by atoms with Gasteiger partial charge < -0.3 is 20.1 Å². The van der Waals surface area contributed by atoms with Crippen LogP contribution in [0.3, 0.4) is 0 Å². The second-order valence-electron chi connectivity index (χ2n) is 4.56. The van der Waals surface area contributed by atoms with Crippen LogP contribution in [0.15, 0.2) is 29.3 Å². The minimum atomic E-state index is 0. The second-order valence-corrected chi connectivity index (χ2v) is 4.56. The van der Waals surface area contributed by atoms with Gasteiger partial charge in [-0.3, -0.25) is 4.99 Å². The maximum Gasteiger partial charge on any atom is 0.191 e. The highest BCUT2D eigenvalue weighted by molar-refractivity contribution is 14.0. The number of hydrogen-bond donors (Lipinski definition) is 2. The Bertz CT molecular complexity index is 410. The highest BCUT2D eigenvalue weighted by Crippen LogP contribution is 2.16. The summed E-state index contributed by atoms with van der Waals surface area (Å²) in [5.74, 6) is 2.58. The molecule has 0 spiro atoms. The Morgan fingerprint density at radius 3 is 2.36 bits per heavy atom. The Morgan fingerprint density at radius 1 is 1.09 bits per heavy atom. The number of hydrogen-bond acceptors (Lipinski definition) is 3. The van der Waals surface area contributed by atoms with Gasteiger partial charge in [0.2, 0.25) is 0 Å². The standard InChI is InChI=1S/C16H27N3O2.HI/c1-4-11-18-16(17-5-2)19-12-6-13-21-15-9-7-14(20-3)8-10-15;/h7-10H,4-6,11-13H2,1-3H3,(H2,17,18,19);1H. The van der Waals surface area contributed by atoms with E-state index < -0.39 is 0 Å². The fourth-order valence-corrected chi connectivity index (χ4v) is 1.71. The average Bonchev–Trinajstić information content (AvgIpc) is 2.52. The van der Waals surface area contributed by atoms with E-state index in [9.17, 15) is 0 Å². The molecule has 0 aliphatic carbocycles. The van der Waals surface area contributed by atoms with Crippen molar-refractivity contribution in [1.82, 2.24) is 10.6 Å². The van der Waals surface area contributed by atoms with Crippen LogP contribution in [0, 0.1) is 0 Å². The van der Waals surface area contributed by atoms with Gasteiger partial charge in [0.15, 0.2) is 5.96 Å². The van der Waals surface area contributed by atoms with E-state index in [-0.39, 0.29) is 24.0 Å². The first kappa shape index (κ1) is 20.8. The van der Waals surface area contributed by atoms with Crippen molar-refractivity contribution in [1.29, 1.82) is 0 Å². The highest BCUT2D eigenvalue weighted by atomic mass is 127. The van der Waals surface area contributed by atoms with Gasteiger partial charge in [-0.2, -0.15) is 0 Å². The molecule has 126 valence electrons. The summed E-state index contributed by atoms with van der Waals surface area (Å²) in [5, 5.41) is 6.52. The molecule has 5 nitrogen and oxygen atoms in total. The Hall–Kier alpha value is -1.18. The van der Waals surface area contributed by atoms with Crippen molar-refractivity contribution >= 4 is 29.9 Å². The van der Waals surface area contributed by atoms with Gasteiger partial charge >= 0.3 is 0 Å². The summed E-state index contributed by atoms with van der Waals surface area (Å²) in [7, 11) is 1.66. The maximum atomic E-state index is 5.67. The third-order valence-corrected chi connectivity index (χ3v) is 2.78. The number of ether oxygens (including phenoxy) is 2. The maximum absolute atomic E-state index is 5.67. The Morgan fingerprint density at radius 2 is 1.77 bits per heavy atom. The molecule has 0 atom stereocenters. The van der Waals surface area contributed by atoms with Crippen LogP contribution in [0.25, 0.3) is 0 Å². The number of guanidine groups is 1. The summed E-state index contributed by atoms with van der Waals surface area (Å²) >= 11 is 0. The van der Waals surface area contributed by atoms with E-state index in [1.54, 1.807) is 7.11 Å². The lowest BCUT2D eigenvalue weighted by Gasteiger charge is -2.11. The van der Waals surface area contributed by atoms with E-state index in [0.717, 1.165) is 49.9 Å². The lowest BCUT2D eigenvalue weighted by Crippen LogP contribution is -2.38. The van der Waals surface area contributed by atoms with E-state index in [2.05, 4.69) is 29.5 Å². The smallest absolute Gasteiger partial charge is 0.191 e. The van der Waals surface area contributed by atoms with Gasteiger partial charge in [0.1, 0.15) is 11.5 Å². The zero-order chi connectivity index (χ0) is 15.3. The van der Waals surface area contributed by atoms with Crippen LogP contribution in [0.4, 0.5) is 0 Å². The normalized spacial score (nSPS) is 10.6. The molecule has 22 heavy (non-hydrogen) atoms. The molecule has 0 heterocycles. The molecule has 0 amide bonds. The lowest BCUT2D eigenvalue weighted by molar-refractivity contribution is 0.310. The first-order valence-electron chi connectivity index (χ1n) is 7.59. The van der Waals surface area contributed by atoms with E-state index in [0.29, 0.717) is 6.61 Å². The summed E-state index contributed by atoms with van der Waals surface area (Å²) in [4.78, 5) is 4.45. The number of halogens is 1. The summed E-state index contributed by atoms with van der Waals surface area (Å²) in [6.07, 6.45) is 1.97. The highest BCUT2D eigenvalue weighted by Gasteiger charge is 1.97. The fraction of sp³-hybridized carbons (Fsp3) is 0.562. The number of nitrogens with zero attached hydrogens (tertiary/aromatic N) is 1. The van der Waals surface area contributed by atoms with E-state index in [1.165, 1.54) is 0 Å². The van der Waals surface area contributed by atoms with Crippen LogP contribution in [0.1, 0.15) is 26.7 Å². The second kappa shape index (κ2) is 13.5. The average molecular weight is 421 g/mol. The molecule has 1 aromatic carbocycles. The third-order valence-electron chi connectivity index (χ3n) is 2.78. The van der Waals surface area contributed by atoms with Gasteiger partial charge in [-0.05, 0) is 44.0 Å².